The fourth-order valence-electron chi connectivity index (χ4n) is 6.85. The van der Waals surface area contributed by atoms with Crippen LogP contribution in [0.15, 0.2) is 48.6 Å². The minimum Gasteiger partial charge on any atom is -0.477 e. The molecule has 0 aromatic carbocycles. The number of unbranched alkanes of at least 4 members (excludes halogenated alkanes) is 23. The second kappa shape index (κ2) is 44.8. The molecule has 2 unspecified atom stereocenters. The lowest BCUT2D eigenvalue weighted by Gasteiger charge is -2.25. The standard InChI is InChI=1S/C53H95NO8/c1-6-8-10-12-14-16-18-19-20-21-22-23-24-25-26-27-28-29-30-31-32-33-34-36-38-40-42-44-51(56)62-49(48-61-53(52(57)58)59-46-45-54(3,4)5)47-60-50(55)43-41-39-37-35-17-15-13-11-9-7-2/h11,13,18-19,21-22,24-25,49,53H,6-10,12,14-17,20,23,26-48H2,1-5H3/p+1/b13-11-,19-18-,22-21-,25-24-. The maximum Gasteiger partial charge on any atom is 0.361 e. The zero-order chi connectivity index (χ0) is 45.6. The number of carbonyl (C=O) groups excluding carboxylic acids is 2. The van der Waals surface area contributed by atoms with Gasteiger partial charge in [-0.3, -0.25) is 9.59 Å². The molecule has 2 atom stereocenters. The first-order valence-electron chi connectivity index (χ1n) is 25.3. The van der Waals surface area contributed by atoms with E-state index in [9.17, 15) is 19.5 Å². The molecular formula is C53H96NO8+. The van der Waals surface area contributed by atoms with Gasteiger partial charge in [0, 0.05) is 12.8 Å². The maximum absolute atomic E-state index is 12.8. The Bertz CT molecular complexity index is 1160. The Morgan fingerprint density at radius 1 is 0.484 bits per heavy atom. The van der Waals surface area contributed by atoms with E-state index >= 15 is 0 Å². The van der Waals surface area contributed by atoms with Gasteiger partial charge in [-0.1, -0.05) is 178 Å². The third-order valence-electron chi connectivity index (χ3n) is 10.8. The molecule has 0 rings (SSSR count). The van der Waals surface area contributed by atoms with Gasteiger partial charge in [-0.05, 0) is 70.6 Å². The van der Waals surface area contributed by atoms with Crippen molar-refractivity contribution in [3.63, 3.8) is 0 Å². The summed E-state index contributed by atoms with van der Waals surface area (Å²) in [5, 5.41) is 9.64. The van der Waals surface area contributed by atoms with Crippen LogP contribution in [0.25, 0.3) is 0 Å². The summed E-state index contributed by atoms with van der Waals surface area (Å²) in [6.45, 7) is 4.78. The van der Waals surface area contributed by atoms with Crippen LogP contribution >= 0.6 is 0 Å². The maximum atomic E-state index is 12.8. The highest BCUT2D eigenvalue weighted by atomic mass is 16.7. The largest absolute Gasteiger partial charge is 0.477 e. The van der Waals surface area contributed by atoms with Crippen LogP contribution in [0.2, 0.25) is 0 Å². The Balaban J connectivity index is 4.21. The minimum atomic E-state index is -1.51. The highest BCUT2D eigenvalue weighted by molar-refractivity contribution is 5.71. The third kappa shape index (κ3) is 45.3. The molecule has 0 aliphatic rings. The fourth-order valence-corrected chi connectivity index (χ4v) is 6.85. The normalized spacial score (nSPS) is 13.2. The van der Waals surface area contributed by atoms with Crippen LogP contribution in [0.5, 0.6) is 0 Å². The van der Waals surface area contributed by atoms with Gasteiger partial charge >= 0.3 is 17.9 Å². The number of quaternary nitrogens is 1. The van der Waals surface area contributed by atoms with E-state index < -0.39 is 24.3 Å². The molecular weight excluding hydrogens is 779 g/mol. The van der Waals surface area contributed by atoms with Crippen LogP contribution in [-0.4, -0.2) is 87.4 Å². The number of esters is 2. The summed E-state index contributed by atoms with van der Waals surface area (Å²) in [6.07, 6.45) is 50.5. The Morgan fingerprint density at radius 3 is 1.37 bits per heavy atom. The SMILES string of the molecule is CCC/C=C\CCCCCCCC(=O)OCC(COC(OCC[N+](C)(C)C)C(=O)O)OC(=O)CCCCCCCCCCCCCC/C=C\C/C=C\C/C=C\CCCCCCC. The van der Waals surface area contributed by atoms with Gasteiger partial charge in [0.15, 0.2) is 6.10 Å². The number of hydrogen-bond donors (Lipinski definition) is 1. The second-order valence-corrected chi connectivity index (χ2v) is 18.1. The summed E-state index contributed by atoms with van der Waals surface area (Å²) < 4.78 is 22.7. The highest BCUT2D eigenvalue weighted by Crippen LogP contribution is 2.15. The molecule has 0 radical (unpaired) electrons. The third-order valence-corrected chi connectivity index (χ3v) is 10.8. The number of allylic oxidation sites excluding steroid dienone is 8. The summed E-state index contributed by atoms with van der Waals surface area (Å²) >= 11 is 0. The lowest BCUT2D eigenvalue weighted by atomic mass is 10.0. The first kappa shape index (κ1) is 59.2. The smallest absolute Gasteiger partial charge is 0.361 e. The van der Waals surface area contributed by atoms with Crippen LogP contribution in [0, 0.1) is 0 Å². The second-order valence-electron chi connectivity index (χ2n) is 18.1. The lowest BCUT2D eigenvalue weighted by molar-refractivity contribution is -0.870. The molecule has 0 aliphatic heterocycles. The Morgan fingerprint density at radius 2 is 0.903 bits per heavy atom. The molecule has 0 amide bonds. The van der Waals surface area contributed by atoms with Crippen molar-refractivity contribution in [3.8, 4) is 0 Å². The molecule has 0 aromatic heterocycles. The van der Waals surface area contributed by atoms with Gasteiger partial charge in [-0.2, -0.15) is 0 Å². The topological polar surface area (TPSA) is 108 Å². The molecule has 0 heterocycles. The molecule has 0 fully saturated rings. The van der Waals surface area contributed by atoms with Crippen LogP contribution in [0.1, 0.15) is 213 Å². The van der Waals surface area contributed by atoms with E-state index in [2.05, 4.69) is 62.5 Å². The Hall–Kier alpha value is -2.75. The molecule has 360 valence electrons. The first-order chi connectivity index (χ1) is 30.1. The monoisotopic (exact) mass is 875 g/mol. The minimum absolute atomic E-state index is 0.185. The number of ether oxygens (including phenoxy) is 4. The Labute approximate surface area is 381 Å². The van der Waals surface area contributed by atoms with Gasteiger partial charge < -0.3 is 28.5 Å². The van der Waals surface area contributed by atoms with Crippen molar-refractivity contribution in [2.24, 2.45) is 0 Å². The number of carboxylic acid groups (broad SMARTS) is 1. The number of aliphatic carboxylic acids is 1. The quantitative estimate of drug-likeness (QED) is 0.0212. The molecule has 62 heavy (non-hydrogen) atoms. The fraction of sp³-hybridized carbons (Fsp3) is 0.792. The molecule has 0 aromatic rings. The summed E-state index contributed by atoms with van der Waals surface area (Å²) in [7, 11) is 5.95. The average molecular weight is 875 g/mol. The first-order valence-corrected chi connectivity index (χ1v) is 25.3. The molecule has 9 heteroatoms. The predicted octanol–water partition coefficient (Wildman–Crippen LogP) is 13.9. The van der Waals surface area contributed by atoms with Gasteiger partial charge in [-0.25, -0.2) is 4.79 Å². The van der Waals surface area contributed by atoms with Crippen molar-refractivity contribution in [2.75, 3.05) is 47.5 Å². The number of rotatable bonds is 46. The van der Waals surface area contributed by atoms with Crippen LogP contribution < -0.4 is 0 Å². The van der Waals surface area contributed by atoms with E-state index in [1.54, 1.807) is 0 Å². The summed E-state index contributed by atoms with van der Waals surface area (Å²) in [6, 6.07) is 0. The average Bonchev–Trinajstić information content (AvgIpc) is 3.23. The lowest BCUT2D eigenvalue weighted by Crippen LogP contribution is -2.40. The van der Waals surface area contributed by atoms with Gasteiger partial charge in [0.25, 0.3) is 6.29 Å². The van der Waals surface area contributed by atoms with Crippen molar-refractivity contribution in [3.05, 3.63) is 48.6 Å². The number of likely N-dealkylation sites (N-methyl/N-ethyl adjacent to an activating group) is 1. The molecule has 9 nitrogen and oxygen atoms in total. The molecule has 0 saturated carbocycles. The van der Waals surface area contributed by atoms with E-state index in [0.717, 1.165) is 77.0 Å². The van der Waals surface area contributed by atoms with Crippen LogP contribution in [0.4, 0.5) is 0 Å². The number of carbonyl (C=O) groups is 3. The highest BCUT2D eigenvalue weighted by Gasteiger charge is 2.25. The summed E-state index contributed by atoms with van der Waals surface area (Å²) in [5.41, 5.74) is 0. The van der Waals surface area contributed by atoms with E-state index in [1.807, 2.05) is 21.1 Å². The van der Waals surface area contributed by atoms with E-state index in [1.165, 1.54) is 109 Å². The zero-order valence-corrected chi connectivity index (χ0v) is 40.8. The summed E-state index contributed by atoms with van der Waals surface area (Å²) in [5.74, 6) is -2.02. The molecule has 0 spiro atoms. The number of nitrogens with zero attached hydrogens (tertiary/aromatic N) is 1. The molecule has 0 bridgehead atoms. The van der Waals surface area contributed by atoms with Crippen molar-refractivity contribution >= 4 is 17.9 Å². The number of carboxylic acids is 1. The van der Waals surface area contributed by atoms with Crippen molar-refractivity contribution in [2.45, 2.75) is 225 Å². The van der Waals surface area contributed by atoms with Crippen LogP contribution in [-0.2, 0) is 33.3 Å². The van der Waals surface area contributed by atoms with Crippen molar-refractivity contribution in [1.29, 1.82) is 0 Å². The van der Waals surface area contributed by atoms with Gasteiger partial charge in [0.2, 0.25) is 0 Å². The van der Waals surface area contributed by atoms with Gasteiger partial charge in [-0.15, -0.1) is 0 Å². The predicted molar refractivity (Wildman–Crippen MR) is 258 cm³/mol. The molecule has 0 aliphatic carbocycles. The molecule has 1 N–H and O–H groups in total. The van der Waals surface area contributed by atoms with Crippen LogP contribution in [0.3, 0.4) is 0 Å². The van der Waals surface area contributed by atoms with E-state index in [-0.39, 0.29) is 32.2 Å². The summed E-state index contributed by atoms with van der Waals surface area (Å²) in [4.78, 5) is 37.1. The molecule has 0 saturated heterocycles. The van der Waals surface area contributed by atoms with Crippen molar-refractivity contribution in [1.82, 2.24) is 0 Å². The van der Waals surface area contributed by atoms with Gasteiger partial charge in [0.05, 0.1) is 34.4 Å². The Kier molecular flexibility index (Phi) is 42.9. The number of hydrogen-bond acceptors (Lipinski definition) is 7. The van der Waals surface area contributed by atoms with Crippen molar-refractivity contribution < 1.29 is 42.9 Å². The van der Waals surface area contributed by atoms with E-state index in [0.29, 0.717) is 17.4 Å². The van der Waals surface area contributed by atoms with Gasteiger partial charge in [0.1, 0.15) is 13.2 Å². The van der Waals surface area contributed by atoms with E-state index in [4.69, 9.17) is 18.9 Å². The zero-order valence-electron chi connectivity index (χ0n) is 40.8.